The Morgan fingerprint density at radius 2 is 1.37 bits per heavy atom. The highest BCUT2D eigenvalue weighted by Gasteiger charge is 2.21. The number of rotatable bonds is 13. The molecule has 2 aromatic carbocycles. The average Bonchev–Trinajstić information content (AvgIpc) is 2.79. The summed E-state index contributed by atoms with van der Waals surface area (Å²) in [5, 5.41) is 0. The van der Waals surface area contributed by atoms with Gasteiger partial charge in [-0.1, -0.05) is 58.0 Å². The van der Waals surface area contributed by atoms with Crippen LogP contribution in [-0.4, -0.2) is 25.6 Å². The molecule has 0 saturated heterocycles. The number of benzene rings is 2. The summed E-state index contributed by atoms with van der Waals surface area (Å²) in [6, 6.07) is 11.3. The zero-order valence-corrected chi connectivity index (χ0v) is 18.7. The van der Waals surface area contributed by atoms with E-state index in [4.69, 9.17) is 14.2 Å². The van der Waals surface area contributed by atoms with E-state index in [0.717, 1.165) is 42.6 Å². The summed E-state index contributed by atoms with van der Waals surface area (Å²) in [5.41, 5.74) is 2.54. The van der Waals surface area contributed by atoms with Gasteiger partial charge in [0.25, 0.3) is 0 Å². The van der Waals surface area contributed by atoms with Gasteiger partial charge in [0.1, 0.15) is 0 Å². The monoisotopic (exact) mass is 410 g/mol. The highest BCUT2D eigenvalue weighted by Crippen LogP contribution is 2.44. The molecule has 0 radical (unpaired) electrons. The van der Waals surface area contributed by atoms with E-state index in [2.05, 4.69) is 27.7 Å². The number of hydrogen-bond acceptors (Lipinski definition) is 4. The third-order valence-electron chi connectivity index (χ3n) is 4.50. The van der Waals surface area contributed by atoms with Crippen molar-refractivity contribution in [2.24, 2.45) is 0 Å². The van der Waals surface area contributed by atoms with E-state index < -0.39 is 0 Å². The van der Waals surface area contributed by atoms with Gasteiger partial charge in [-0.05, 0) is 49.5 Å². The summed E-state index contributed by atoms with van der Waals surface area (Å²) in [7, 11) is 0. The van der Waals surface area contributed by atoms with Crippen molar-refractivity contribution in [2.45, 2.75) is 53.4 Å². The van der Waals surface area contributed by atoms with Crippen LogP contribution >= 0.6 is 0 Å². The predicted octanol–water partition coefficient (Wildman–Crippen LogP) is 6.51. The lowest BCUT2D eigenvalue weighted by Gasteiger charge is -2.21. The van der Waals surface area contributed by atoms with E-state index in [1.165, 1.54) is 0 Å². The SMILES string of the molecule is CCCOc1c(C=CC(=O)c2ccccc2)cc(CC)c(OCCC)c1OCCC. The molecule has 0 aromatic heterocycles. The van der Waals surface area contributed by atoms with Crippen molar-refractivity contribution in [3.63, 3.8) is 0 Å². The normalized spacial score (nSPS) is 10.9. The lowest BCUT2D eigenvalue weighted by atomic mass is 10.0. The quantitative estimate of drug-likeness (QED) is 0.279. The Hall–Kier alpha value is -2.75. The maximum Gasteiger partial charge on any atom is 0.204 e. The summed E-state index contributed by atoms with van der Waals surface area (Å²) in [6.45, 7) is 10.1. The Morgan fingerprint density at radius 1 is 0.800 bits per heavy atom. The van der Waals surface area contributed by atoms with Crippen molar-refractivity contribution in [3.8, 4) is 17.2 Å². The molecule has 0 saturated carbocycles. The lowest BCUT2D eigenvalue weighted by Crippen LogP contribution is -2.08. The van der Waals surface area contributed by atoms with Crippen LogP contribution in [0.2, 0.25) is 0 Å². The van der Waals surface area contributed by atoms with E-state index in [-0.39, 0.29) is 5.78 Å². The summed E-state index contributed by atoms with van der Waals surface area (Å²) >= 11 is 0. The third kappa shape index (κ3) is 6.38. The minimum absolute atomic E-state index is 0.0440. The predicted molar refractivity (Wildman–Crippen MR) is 123 cm³/mol. The molecule has 4 nitrogen and oxygen atoms in total. The van der Waals surface area contributed by atoms with Crippen LogP contribution < -0.4 is 14.2 Å². The molecule has 0 aliphatic heterocycles. The second kappa shape index (κ2) is 12.7. The van der Waals surface area contributed by atoms with Crippen LogP contribution in [0.15, 0.2) is 42.5 Å². The molecule has 0 amide bonds. The summed E-state index contributed by atoms with van der Waals surface area (Å²) in [5.74, 6) is 2.00. The molecule has 0 spiro atoms. The summed E-state index contributed by atoms with van der Waals surface area (Å²) in [4.78, 5) is 12.6. The molecule has 0 N–H and O–H groups in total. The van der Waals surface area contributed by atoms with Crippen molar-refractivity contribution in [3.05, 3.63) is 59.2 Å². The maximum atomic E-state index is 12.6. The Labute approximate surface area is 180 Å². The molecule has 162 valence electrons. The van der Waals surface area contributed by atoms with Gasteiger partial charge in [0, 0.05) is 11.1 Å². The molecular formula is C26H34O4. The van der Waals surface area contributed by atoms with Gasteiger partial charge in [0.15, 0.2) is 17.3 Å². The molecule has 0 atom stereocenters. The van der Waals surface area contributed by atoms with Gasteiger partial charge in [-0.2, -0.15) is 0 Å². The first-order chi connectivity index (χ1) is 14.7. The zero-order valence-electron chi connectivity index (χ0n) is 18.7. The molecule has 0 unspecified atom stereocenters. The molecule has 0 heterocycles. The Balaban J connectivity index is 2.52. The van der Waals surface area contributed by atoms with Crippen LogP contribution in [-0.2, 0) is 6.42 Å². The van der Waals surface area contributed by atoms with Crippen LogP contribution in [0.5, 0.6) is 17.2 Å². The topological polar surface area (TPSA) is 44.8 Å². The van der Waals surface area contributed by atoms with Crippen molar-refractivity contribution >= 4 is 11.9 Å². The van der Waals surface area contributed by atoms with Crippen LogP contribution in [0, 0.1) is 0 Å². The van der Waals surface area contributed by atoms with Crippen molar-refractivity contribution < 1.29 is 19.0 Å². The first kappa shape index (κ1) is 23.5. The summed E-state index contributed by atoms with van der Waals surface area (Å²) in [6.07, 6.45) is 6.88. The van der Waals surface area contributed by atoms with Crippen LogP contribution in [0.1, 0.15) is 68.4 Å². The molecule has 4 heteroatoms. The fourth-order valence-electron chi connectivity index (χ4n) is 3.00. The molecular weight excluding hydrogens is 376 g/mol. The highest BCUT2D eigenvalue weighted by atomic mass is 16.5. The number of ketones is 1. The van der Waals surface area contributed by atoms with E-state index >= 15 is 0 Å². The molecule has 30 heavy (non-hydrogen) atoms. The summed E-state index contributed by atoms with van der Waals surface area (Å²) < 4.78 is 18.3. The van der Waals surface area contributed by atoms with Crippen molar-refractivity contribution in [2.75, 3.05) is 19.8 Å². The highest BCUT2D eigenvalue weighted by molar-refractivity contribution is 6.07. The number of allylic oxidation sites excluding steroid dienone is 1. The minimum atomic E-state index is -0.0440. The van der Waals surface area contributed by atoms with Gasteiger partial charge in [0.05, 0.1) is 19.8 Å². The van der Waals surface area contributed by atoms with Gasteiger partial charge < -0.3 is 14.2 Å². The molecule has 0 bridgehead atoms. The average molecular weight is 411 g/mol. The Kier molecular flexibility index (Phi) is 9.99. The first-order valence-electron chi connectivity index (χ1n) is 11.0. The second-order valence-electron chi connectivity index (χ2n) is 7.07. The van der Waals surface area contributed by atoms with E-state index in [1.54, 1.807) is 6.08 Å². The molecule has 2 aromatic rings. The Bertz CT molecular complexity index is 825. The van der Waals surface area contributed by atoms with Gasteiger partial charge >= 0.3 is 0 Å². The fourth-order valence-corrected chi connectivity index (χ4v) is 3.00. The zero-order chi connectivity index (χ0) is 21.8. The number of aryl methyl sites for hydroxylation is 1. The second-order valence-corrected chi connectivity index (χ2v) is 7.07. The standard InChI is InChI=1S/C26H34O4/c1-5-16-28-24-20(8-4)19-22(14-15-23(27)21-12-10-9-11-13-21)25(29-17-6-2)26(24)30-18-7-3/h9-15,19H,5-8,16-18H2,1-4H3. The first-order valence-corrected chi connectivity index (χ1v) is 11.0. The number of ether oxygens (including phenoxy) is 3. The lowest BCUT2D eigenvalue weighted by molar-refractivity contribution is 0.104. The smallest absolute Gasteiger partial charge is 0.204 e. The van der Waals surface area contributed by atoms with Crippen molar-refractivity contribution in [1.82, 2.24) is 0 Å². The van der Waals surface area contributed by atoms with E-state index in [0.29, 0.717) is 36.9 Å². The number of carbonyl (C=O) groups excluding carboxylic acids is 1. The maximum absolute atomic E-state index is 12.6. The van der Waals surface area contributed by atoms with Gasteiger partial charge in [-0.3, -0.25) is 4.79 Å². The van der Waals surface area contributed by atoms with Gasteiger partial charge in [-0.25, -0.2) is 0 Å². The van der Waals surface area contributed by atoms with E-state index in [1.807, 2.05) is 42.5 Å². The molecule has 0 fully saturated rings. The third-order valence-corrected chi connectivity index (χ3v) is 4.50. The molecule has 0 aliphatic rings. The largest absolute Gasteiger partial charge is 0.489 e. The van der Waals surface area contributed by atoms with E-state index in [9.17, 15) is 4.79 Å². The number of hydrogen-bond donors (Lipinski definition) is 0. The van der Waals surface area contributed by atoms with Crippen LogP contribution in [0.4, 0.5) is 0 Å². The van der Waals surface area contributed by atoms with Crippen LogP contribution in [0.25, 0.3) is 6.08 Å². The van der Waals surface area contributed by atoms with Crippen LogP contribution in [0.3, 0.4) is 0 Å². The fraction of sp³-hybridized carbons (Fsp3) is 0.423. The minimum Gasteiger partial charge on any atom is -0.489 e. The van der Waals surface area contributed by atoms with Crippen molar-refractivity contribution in [1.29, 1.82) is 0 Å². The number of carbonyl (C=O) groups is 1. The molecule has 0 aliphatic carbocycles. The molecule has 2 rings (SSSR count). The Morgan fingerprint density at radius 3 is 1.93 bits per heavy atom. The van der Waals surface area contributed by atoms with Gasteiger partial charge in [-0.15, -0.1) is 0 Å². The van der Waals surface area contributed by atoms with Gasteiger partial charge in [0.2, 0.25) is 5.75 Å².